The van der Waals surface area contributed by atoms with Crippen molar-refractivity contribution in [2.45, 2.75) is 13.5 Å². The van der Waals surface area contributed by atoms with Crippen molar-refractivity contribution in [2.75, 3.05) is 6.61 Å². The van der Waals surface area contributed by atoms with Gasteiger partial charge in [-0.1, -0.05) is 66.2 Å². The van der Waals surface area contributed by atoms with Crippen molar-refractivity contribution in [2.24, 2.45) is 0 Å². The van der Waals surface area contributed by atoms with Crippen LogP contribution in [-0.2, 0) is 6.61 Å². The van der Waals surface area contributed by atoms with Crippen LogP contribution in [0.1, 0.15) is 23.6 Å². The van der Waals surface area contributed by atoms with E-state index in [1.165, 1.54) is 5.39 Å². The summed E-state index contributed by atoms with van der Waals surface area (Å²) in [6.07, 6.45) is 1.82. The summed E-state index contributed by atoms with van der Waals surface area (Å²) >= 11 is 9.61. The molecule has 0 N–H and O–H groups in total. The maximum atomic E-state index is 9.68. The lowest BCUT2D eigenvalue weighted by Crippen LogP contribution is -2.01. The molecule has 0 saturated heterocycles. The molecule has 0 spiro atoms. The predicted molar refractivity (Wildman–Crippen MR) is 139 cm³/mol. The third-order valence-corrected chi connectivity index (χ3v) is 6.01. The lowest BCUT2D eigenvalue weighted by atomic mass is 10.0. The summed E-state index contributed by atoms with van der Waals surface area (Å²) < 4.78 is 12.9. The van der Waals surface area contributed by atoms with Crippen LogP contribution in [0.15, 0.2) is 83.3 Å². The maximum absolute atomic E-state index is 9.68. The highest BCUT2D eigenvalue weighted by molar-refractivity contribution is 9.10. The Bertz CT molecular complexity index is 1350. The Kier molecular flexibility index (Phi) is 7.34. The molecule has 0 saturated carbocycles. The van der Waals surface area contributed by atoms with E-state index in [1.54, 1.807) is 12.1 Å². The van der Waals surface area contributed by atoms with E-state index in [0.29, 0.717) is 35.3 Å². The molecular weight excluding hydrogens is 498 g/mol. The van der Waals surface area contributed by atoms with Gasteiger partial charge in [0, 0.05) is 5.02 Å². The summed E-state index contributed by atoms with van der Waals surface area (Å²) in [5.74, 6) is 1.25. The first-order chi connectivity index (χ1) is 16.1. The summed E-state index contributed by atoms with van der Waals surface area (Å²) in [5, 5.41) is 12.7. The summed E-state index contributed by atoms with van der Waals surface area (Å²) in [7, 11) is 0. The summed E-state index contributed by atoms with van der Waals surface area (Å²) in [4.78, 5) is 0. The molecular formula is C28H21BrClNO2. The number of nitriles is 1. The number of rotatable bonds is 7. The first-order valence-corrected chi connectivity index (χ1v) is 11.7. The van der Waals surface area contributed by atoms with Gasteiger partial charge in [-0.3, -0.25) is 0 Å². The molecule has 164 valence electrons. The van der Waals surface area contributed by atoms with E-state index in [-0.39, 0.29) is 0 Å². The van der Waals surface area contributed by atoms with Crippen LogP contribution in [0.4, 0.5) is 0 Å². The van der Waals surface area contributed by atoms with Gasteiger partial charge in [0.25, 0.3) is 0 Å². The van der Waals surface area contributed by atoms with E-state index in [9.17, 15) is 5.26 Å². The normalized spacial score (nSPS) is 11.3. The fraction of sp³-hybridized carbons (Fsp3) is 0.107. The highest BCUT2D eigenvalue weighted by Gasteiger charge is 2.14. The number of benzene rings is 4. The van der Waals surface area contributed by atoms with Gasteiger partial charge in [0.1, 0.15) is 6.61 Å². The predicted octanol–water partition coefficient (Wildman–Crippen LogP) is 8.30. The molecule has 4 aromatic carbocycles. The van der Waals surface area contributed by atoms with Gasteiger partial charge in [-0.15, -0.1) is 0 Å². The number of allylic oxidation sites excluding steroid dienone is 1. The molecule has 0 aliphatic heterocycles. The van der Waals surface area contributed by atoms with Crippen LogP contribution >= 0.6 is 27.5 Å². The number of hydrogen-bond acceptors (Lipinski definition) is 3. The van der Waals surface area contributed by atoms with Gasteiger partial charge in [0.2, 0.25) is 0 Å². The Balaban J connectivity index is 1.65. The van der Waals surface area contributed by atoms with Gasteiger partial charge in [-0.05, 0) is 80.7 Å². The van der Waals surface area contributed by atoms with E-state index in [1.807, 2.05) is 55.5 Å². The van der Waals surface area contributed by atoms with Crippen LogP contribution in [0, 0.1) is 11.3 Å². The monoisotopic (exact) mass is 517 g/mol. The molecule has 0 fully saturated rings. The van der Waals surface area contributed by atoms with Gasteiger partial charge >= 0.3 is 0 Å². The van der Waals surface area contributed by atoms with Crippen LogP contribution in [0.25, 0.3) is 22.4 Å². The molecule has 0 aromatic heterocycles. The summed E-state index contributed by atoms with van der Waals surface area (Å²) in [5.41, 5.74) is 3.26. The molecule has 4 aromatic rings. The molecule has 0 aliphatic carbocycles. The average Bonchev–Trinajstić information content (AvgIpc) is 2.83. The van der Waals surface area contributed by atoms with Crippen LogP contribution in [0.3, 0.4) is 0 Å². The minimum Gasteiger partial charge on any atom is -0.490 e. The number of nitrogens with zero attached hydrogens (tertiary/aromatic N) is 1. The SMILES string of the molecule is CCOc1cc(/C=C(/C#N)c2ccc(Cl)cc2)cc(Br)c1OCc1cccc2ccccc12. The highest BCUT2D eigenvalue weighted by Crippen LogP contribution is 2.39. The van der Waals surface area contributed by atoms with Crippen molar-refractivity contribution in [3.8, 4) is 17.6 Å². The van der Waals surface area contributed by atoms with Crippen molar-refractivity contribution in [1.82, 2.24) is 0 Å². The van der Waals surface area contributed by atoms with Gasteiger partial charge < -0.3 is 9.47 Å². The van der Waals surface area contributed by atoms with Crippen LogP contribution in [0.5, 0.6) is 11.5 Å². The summed E-state index contributed by atoms with van der Waals surface area (Å²) in [6, 6.07) is 27.7. The van der Waals surface area contributed by atoms with Crippen molar-refractivity contribution in [3.05, 3.63) is 105 Å². The Morgan fingerprint density at radius 2 is 1.76 bits per heavy atom. The number of hydrogen-bond donors (Lipinski definition) is 0. The second kappa shape index (κ2) is 10.6. The minimum atomic E-state index is 0.406. The topological polar surface area (TPSA) is 42.2 Å². The third kappa shape index (κ3) is 5.39. The largest absolute Gasteiger partial charge is 0.490 e. The molecule has 5 heteroatoms. The van der Waals surface area contributed by atoms with Crippen molar-refractivity contribution < 1.29 is 9.47 Å². The van der Waals surface area contributed by atoms with Crippen LogP contribution in [-0.4, -0.2) is 6.61 Å². The fourth-order valence-corrected chi connectivity index (χ4v) is 4.32. The van der Waals surface area contributed by atoms with Crippen LogP contribution in [0.2, 0.25) is 5.02 Å². The number of ether oxygens (including phenoxy) is 2. The van der Waals surface area contributed by atoms with Gasteiger partial charge in [-0.25, -0.2) is 0 Å². The Labute approximate surface area is 207 Å². The molecule has 0 unspecified atom stereocenters. The second-order valence-electron chi connectivity index (χ2n) is 7.37. The highest BCUT2D eigenvalue weighted by atomic mass is 79.9. The van der Waals surface area contributed by atoms with Gasteiger partial charge in [-0.2, -0.15) is 5.26 Å². The molecule has 0 atom stereocenters. The standard InChI is InChI=1S/C28H21BrClNO2/c1-2-32-27-16-19(14-23(17-31)20-10-12-24(30)13-11-20)15-26(29)28(27)33-18-22-8-5-7-21-6-3-4-9-25(21)22/h3-16H,2,18H2,1H3/b23-14-. The fourth-order valence-electron chi connectivity index (χ4n) is 3.62. The molecule has 0 amide bonds. The van der Waals surface area contributed by atoms with E-state index in [2.05, 4.69) is 46.3 Å². The molecule has 33 heavy (non-hydrogen) atoms. The molecule has 0 bridgehead atoms. The lowest BCUT2D eigenvalue weighted by Gasteiger charge is -2.16. The Morgan fingerprint density at radius 1 is 1.00 bits per heavy atom. The molecule has 0 radical (unpaired) electrons. The first kappa shape index (κ1) is 22.9. The van der Waals surface area contributed by atoms with E-state index >= 15 is 0 Å². The van der Waals surface area contributed by atoms with Crippen LogP contribution < -0.4 is 9.47 Å². The zero-order valence-corrected chi connectivity index (χ0v) is 20.4. The Hall–Kier alpha value is -3.26. The maximum Gasteiger partial charge on any atom is 0.175 e. The lowest BCUT2D eigenvalue weighted by molar-refractivity contribution is 0.268. The van der Waals surface area contributed by atoms with E-state index in [4.69, 9.17) is 21.1 Å². The van der Waals surface area contributed by atoms with Crippen molar-refractivity contribution >= 4 is 50.0 Å². The van der Waals surface area contributed by atoms with Crippen molar-refractivity contribution in [3.63, 3.8) is 0 Å². The van der Waals surface area contributed by atoms with Crippen molar-refractivity contribution in [1.29, 1.82) is 5.26 Å². The second-order valence-corrected chi connectivity index (χ2v) is 8.66. The summed E-state index contributed by atoms with van der Waals surface area (Å²) in [6.45, 7) is 2.83. The molecule has 3 nitrogen and oxygen atoms in total. The minimum absolute atomic E-state index is 0.406. The zero-order valence-electron chi connectivity index (χ0n) is 18.0. The Morgan fingerprint density at radius 3 is 2.52 bits per heavy atom. The van der Waals surface area contributed by atoms with Gasteiger partial charge in [0.05, 0.1) is 22.7 Å². The number of fused-ring (bicyclic) bond motifs is 1. The quantitative estimate of drug-likeness (QED) is 0.182. The number of halogens is 2. The molecule has 0 heterocycles. The zero-order chi connectivity index (χ0) is 23.2. The molecule has 0 aliphatic rings. The average molecular weight is 519 g/mol. The molecule has 4 rings (SSSR count). The van der Waals surface area contributed by atoms with Gasteiger partial charge in [0.15, 0.2) is 11.5 Å². The smallest absolute Gasteiger partial charge is 0.175 e. The van der Waals surface area contributed by atoms with E-state index < -0.39 is 0 Å². The van der Waals surface area contributed by atoms with E-state index in [0.717, 1.165) is 26.5 Å². The third-order valence-electron chi connectivity index (χ3n) is 5.17. The first-order valence-electron chi connectivity index (χ1n) is 10.5.